The van der Waals surface area contributed by atoms with Gasteiger partial charge in [0.05, 0.1) is 5.41 Å². The molecule has 0 aliphatic carbocycles. The van der Waals surface area contributed by atoms with Crippen LogP contribution in [0.15, 0.2) is 24.3 Å². The van der Waals surface area contributed by atoms with Gasteiger partial charge in [0.1, 0.15) is 5.82 Å². The SMILES string of the molecule is CC(CCC(=O)O)NC(=O)C1(c2cccc(F)c2)CCOCC1. The van der Waals surface area contributed by atoms with E-state index in [0.717, 1.165) is 0 Å². The number of rotatable bonds is 6. The molecular weight excluding hydrogens is 301 g/mol. The Hall–Kier alpha value is -1.95. The number of hydrogen-bond donors (Lipinski definition) is 2. The van der Waals surface area contributed by atoms with E-state index in [-0.39, 0.29) is 24.2 Å². The quantitative estimate of drug-likeness (QED) is 0.842. The highest BCUT2D eigenvalue weighted by atomic mass is 19.1. The Bertz CT molecular complexity index is 569. The number of amides is 1. The van der Waals surface area contributed by atoms with Gasteiger partial charge < -0.3 is 15.2 Å². The maximum absolute atomic E-state index is 13.6. The van der Waals surface area contributed by atoms with Gasteiger partial charge in [-0.3, -0.25) is 9.59 Å². The first-order chi connectivity index (χ1) is 10.9. The van der Waals surface area contributed by atoms with Crippen LogP contribution in [0.25, 0.3) is 0 Å². The lowest BCUT2D eigenvalue weighted by molar-refractivity contribution is -0.138. The zero-order valence-corrected chi connectivity index (χ0v) is 13.2. The highest BCUT2D eigenvalue weighted by Gasteiger charge is 2.42. The molecule has 0 bridgehead atoms. The van der Waals surface area contributed by atoms with Crippen molar-refractivity contribution >= 4 is 11.9 Å². The molecule has 1 aliphatic heterocycles. The van der Waals surface area contributed by atoms with Crippen LogP contribution >= 0.6 is 0 Å². The van der Waals surface area contributed by atoms with Crippen molar-refractivity contribution in [1.29, 1.82) is 0 Å². The maximum atomic E-state index is 13.6. The number of carbonyl (C=O) groups is 2. The Morgan fingerprint density at radius 2 is 2.09 bits per heavy atom. The van der Waals surface area contributed by atoms with Crippen molar-refractivity contribution < 1.29 is 23.8 Å². The number of benzene rings is 1. The van der Waals surface area contributed by atoms with Crippen LogP contribution in [-0.4, -0.2) is 36.2 Å². The largest absolute Gasteiger partial charge is 0.481 e. The molecule has 2 N–H and O–H groups in total. The van der Waals surface area contributed by atoms with Crippen molar-refractivity contribution in [3.05, 3.63) is 35.6 Å². The molecule has 1 aliphatic rings. The molecule has 1 unspecified atom stereocenters. The predicted molar refractivity (Wildman–Crippen MR) is 82.6 cm³/mol. The summed E-state index contributed by atoms with van der Waals surface area (Å²) in [4.78, 5) is 23.5. The Labute approximate surface area is 134 Å². The maximum Gasteiger partial charge on any atom is 0.303 e. The molecule has 1 aromatic rings. The molecule has 5 nitrogen and oxygen atoms in total. The van der Waals surface area contributed by atoms with E-state index in [1.54, 1.807) is 19.1 Å². The molecule has 126 valence electrons. The molecule has 1 saturated heterocycles. The van der Waals surface area contributed by atoms with Crippen molar-refractivity contribution in [2.75, 3.05) is 13.2 Å². The molecule has 1 atom stereocenters. The molecule has 1 heterocycles. The summed E-state index contributed by atoms with van der Waals surface area (Å²) in [5.74, 6) is -1.46. The molecule has 2 rings (SSSR count). The second-order valence-electron chi connectivity index (χ2n) is 6.01. The summed E-state index contributed by atoms with van der Waals surface area (Å²) < 4.78 is 19.0. The van der Waals surface area contributed by atoms with E-state index in [1.165, 1.54) is 12.1 Å². The van der Waals surface area contributed by atoms with Crippen molar-refractivity contribution in [3.63, 3.8) is 0 Å². The minimum atomic E-state index is -0.892. The van der Waals surface area contributed by atoms with Crippen molar-refractivity contribution in [2.24, 2.45) is 0 Å². The summed E-state index contributed by atoms with van der Waals surface area (Å²) >= 11 is 0. The molecule has 0 radical (unpaired) electrons. The van der Waals surface area contributed by atoms with Crippen molar-refractivity contribution in [1.82, 2.24) is 5.32 Å². The standard InChI is InChI=1S/C17H22FNO4/c1-12(5-6-15(20)21)19-16(22)17(7-9-23-10-8-17)13-3-2-4-14(18)11-13/h2-4,11-12H,5-10H2,1H3,(H,19,22)(H,20,21). The molecular formula is C17H22FNO4. The number of hydrogen-bond acceptors (Lipinski definition) is 3. The Kier molecular flexibility index (Phi) is 5.71. The minimum absolute atomic E-state index is 0.00246. The first-order valence-corrected chi connectivity index (χ1v) is 7.80. The number of carboxylic acids is 1. The van der Waals surface area contributed by atoms with Crippen LogP contribution in [0.3, 0.4) is 0 Å². The van der Waals surface area contributed by atoms with Gasteiger partial charge in [-0.15, -0.1) is 0 Å². The lowest BCUT2D eigenvalue weighted by atomic mass is 9.73. The molecule has 0 spiro atoms. The number of aliphatic carboxylic acids is 1. The van der Waals surface area contributed by atoms with E-state index in [1.807, 2.05) is 0 Å². The second-order valence-corrected chi connectivity index (χ2v) is 6.01. The third-order valence-electron chi connectivity index (χ3n) is 4.33. The van der Waals surface area contributed by atoms with Crippen molar-refractivity contribution in [3.8, 4) is 0 Å². The number of carbonyl (C=O) groups excluding carboxylic acids is 1. The molecule has 0 saturated carbocycles. The van der Waals surface area contributed by atoms with Gasteiger partial charge in [0.2, 0.25) is 5.91 Å². The second kappa shape index (κ2) is 7.55. The molecule has 6 heteroatoms. The van der Waals surface area contributed by atoms with Crippen LogP contribution in [0.2, 0.25) is 0 Å². The Morgan fingerprint density at radius 1 is 1.39 bits per heavy atom. The van der Waals surface area contributed by atoms with Gasteiger partial charge in [-0.25, -0.2) is 4.39 Å². The fraction of sp³-hybridized carbons (Fsp3) is 0.529. The molecule has 1 aromatic carbocycles. The lowest BCUT2D eigenvalue weighted by Crippen LogP contribution is -2.50. The normalized spacial score (nSPS) is 18.2. The van der Waals surface area contributed by atoms with Crippen LogP contribution in [0.1, 0.15) is 38.2 Å². The van der Waals surface area contributed by atoms with Gasteiger partial charge in [-0.05, 0) is 43.9 Å². The first-order valence-electron chi connectivity index (χ1n) is 7.80. The fourth-order valence-electron chi connectivity index (χ4n) is 2.93. The predicted octanol–water partition coefficient (Wildman–Crippen LogP) is 2.24. The van der Waals surface area contributed by atoms with E-state index in [4.69, 9.17) is 9.84 Å². The highest BCUT2D eigenvalue weighted by Crippen LogP contribution is 2.35. The summed E-state index contributed by atoms with van der Waals surface area (Å²) in [5.41, 5.74) is -0.179. The average molecular weight is 323 g/mol. The number of nitrogens with one attached hydrogen (secondary N) is 1. The van der Waals surface area contributed by atoms with E-state index in [0.29, 0.717) is 38.0 Å². The molecule has 1 amide bonds. The van der Waals surface area contributed by atoms with E-state index in [9.17, 15) is 14.0 Å². The zero-order valence-electron chi connectivity index (χ0n) is 13.2. The highest BCUT2D eigenvalue weighted by molar-refractivity contribution is 5.88. The van der Waals surface area contributed by atoms with Gasteiger partial charge in [0.15, 0.2) is 0 Å². The molecule has 23 heavy (non-hydrogen) atoms. The number of halogens is 1. The summed E-state index contributed by atoms with van der Waals surface area (Å²) in [5, 5.41) is 11.6. The monoisotopic (exact) mass is 323 g/mol. The molecule has 1 fully saturated rings. The Balaban J connectivity index is 2.17. The fourth-order valence-corrected chi connectivity index (χ4v) is 2.93. The average Bonchev–Trinajstić information content (AvgIpc) is 2.53. The summed E-state index contributed by atoms with van der Waals surface area (Å²) in [6.07, 6.45) is 1.32. The Morgan fingerprint density at radius 3 is 2.70 bits per heavy atom. The van der Waals surface area contributed by atoms with Crippen LogP contribution in [-0.2, 0) is 19.7 Å². The van der Waals surface area contributed by atoms with Crippen molar-refractivity contribution in [2.45, 2.75) is 44.1 Å². The van der Waals surface area contributed by atoms with Crippen LogP contribution < -0.4 is 5.32 Å². The van der Waals surface area contributed by atoms with Gasteiger partial charge in [-0.1, -0.05) is 12.1 Å². The number of ether oxygens (including phenoxy) is 1. The summed E-state index contributed by atoms with van der Waals surface area (Å²) in [7, 11) is 0. The third-order valence-corrected chi connectivity index (χ3v) is 4.33. The molecule has 0 aromatic heterocycles. The van der Waals surface area contributed by atoms with Gasteiger partial charge >= 0.3 is 5.97 Å². The zero-order chi connectivity index (χ0) is 16.9. The van der Waals surface area contributed by atoms with Gasteiger partial charge in [0.25, 0.3) is 0 Å². The van der Waals surface area contributed by atoms with Gasteiger partial charge in [0, 0.05) is 25.7 Å². The lowest BCUT2D eigenvalue weighted by Gasteiger charge is -2.37. The summed E-state index contributed by atoms with van der Waals surface area (Å²) in [6.45, 7) is 2.65. The number of carboxylic acid groups (broad SMARTS) is 1. The van der Waals surface area contributed by atoms with E-state index >= 15 is 0 Å². The van der Waals surface area contributed by atoms with Crippen LogP contribution in [0.4, 0.5) is 4.39 Å². The van der Waals surface area contributed by atoms with Crippen LogP contribution in [0.5, 0.6) is 0 Å². The first kappa shape index (κ1) is 17.4. The van der Waals surface area contributed by atoms with Crippen LogP contribution in [0, 0.1) is 5.82 Å². The van der Waals surface area contributed by atoms with E-state index < -0.39 is 11.4 Å². The van der Waals surface area contributed by atoms with E-state index in [2.05, 4.69) is 5.32 Å². The van der Waals surface area contributed by atoms with Gasteiger partial charge in [-0.2, -0.15) is 0 Å². The summed E-state index contributed by atoms with van der Waals surface area (Å²) in [6, 6.07) is 5.85. The smallest absolute Gasteiger partial charge is 0.303 e. The topological polar surface area (TPSA) is 75.6 Å². The minimum Gasteiger partial charge on any atom is -0.481 e. The third kappa shape index (κ3) is 4.28.